The molecule has 0 aliphatic carbocycles. The van der Waals surface area contributed by atoms with Crippen LogP contribution in [0.1, 0.15) is 11.3 Å². The first-order valence-electron chi connectivity index (χ1n) is 6.19. The molecule has 0 saturated heterocycles. The number of nitrogens with zero attached hydrogens (tertiary/aromatic N) is 2. The molecule has 0 saturated carbocycles. The first-order chi connectivity index (χ1) is 9.29. The Morgan fingerprint density at radius 1 is 1.16 bits per heavy atom. The van der Waals surface area contributed by atoms with Gasteiger partial charge in [0.1, 0.15) is 17.1 Å². The topological polar surface area (TPSA) is 52.5 Å². The standard InChI is InChI=1S/C15H15N3O/c1-11-6-2-3-7-13(11)19-15-12(10-16)18-9-5-4-8-14(18)17-15/h2-9H,10,16H2,1H3. The Kier molecular flexibility index (Phi) is 2.93. The number of ether oxygens (including phenoxy) is 1. The first kappa shape index (κ1) is 11.7. The normalized spacial score (nSPS) is 10.8. The van der Waals surface area contributed by atoms with E-state index in [-0.39, 0.29) is 0 Å². The van der Waals surface area contributed by atoms with Crippen molar-refractivity contribution >= 4 is 5.65 Å². The van der Waals surface area contributed by atoms with E-state index in [0.717, 1.165) is 22.7 Å². The van der Waals surface area contributed by atoms with Gasteiger partial charge in [-0.15, -0.1) is 0 Å². The zero-order valence-electron chi connectivity index (χ0n) is 10.7. The molecule has 19 heavy (non-hydrogen) atoms. The molecular formula is C15H15N3O. The van der Waals surface area contributed by atoms with Gasteiger partial charge >= 0.3 is 0 Å². The summed E-state index contributed by atoms with van der Waals surface area (Å²) in [7, 11) is 0. The molecule has 0 spiro atoms. The highest BCUT2D eigenvalue weighted by atomic mass is 16.5. The molecule has 0 radical (unpaired) electrons. The van der Waals surface area contributed by atoms with E-state index in [1.54, 1.807) is 0 Å². The van der Waals surface area contributed by atoms with E-state index in [9.17, 15) is 0 Å². The van der Waals surface area contributed by atoms with Gasteiger partial charge in [-0.05, 0) is 30.7 Å². The second kappa shape index (κ2) is 4.74. The van der Waals surface area contributed by atoms with E-state index in [1.165, 1.54) is 0 Å². The number of aromatic nitrogens is 2. The molecule has 1 aromatic carbocycles. The van der Waals surface area contributed by atoms with Gasteiger partial charge in [0.2, 0.25) is 5.88 Å². The number of imidazole rings is 1. The van der Waals surface area contributed by atoms with Gasteiger partial charge in [-0.1, -0.05) is 24.3 Å². The van der Waals surface area contributed by atoms with Gasteiger partial charge in [-0.25, -0.2) is 0 Å². The van der Waals surface area contributed by atoms with Crippen LogP contribution in [-0.2, 0) is 6.54 Å². The lowest BCUT2D eigenvalue weighted by atomic mass is 10.2. The minimum absolute atomic E-state index is 0.381. The zero-order valence-corrected chi connectivity index (χ0v) is 10.7. The maximum Gasteiger partial charge on any atom is 0.242 e. The van der Waals surface area contributed by atoms with Crippen molar-refractivity contribution in [2.75, 3.05) is 0 Å². The summed E-state index contributed by atoms with van der Waals surface area (Å²) in [5, 5.41) is 0. The van der Waals surface area contributed by atoms with Gasteiger partial charge < -0.3 is 10.5 Å². The largest absolute Gasteiger partial charge is 0.437 e. The molecule has 0 amide bonds. The highest BCUT2D eigenvalue weighted by Gasteiger charge is 2.13. The van der Waals surface area contributed by atoms with Gasteiger partial charge in [0.15, 0.2) is 0 Å². The van der Waals surface area contributed by atoms with Crippen LogP contribution in [0.25, 0.3) is 5.65 Å². The molecule has 0 fully saturated rings. The van der Waals surface area contributed by atoms with E-state index in [4.69, 9.17) is 10.5 Å². The van der Waals surface area contributed by atoms with E-state index in [1.807, 2.05) is 60.0 Å². The van der Waals surface area contributed by atoms with Crippen molar-refractivity contribution in [1.29, 1.82) is 0 Å². The maximum absolute atomic E-state index is 5.90. The van der Waals surface area contributed by atoms with Crippen LogP contribution in [0.3, 0.4) is 0 Å². The molecule has 0 aliphatic rings. The third-order valence-electron chi connectivity index (χ3n) is 3.09. The number of pyridine rings is 1. The van der Waals surface area contributed by atoms with Gasteiger partial charge in [0.25, 0.3) is 0 Å². The lowest BCUT2D eigenvalue weighted by Crippen LogP contribution is -2.02. The average Bonchev–Trinajstić information content (AvgIpc) is 2.78. The fourth-order valence-electron chi connectivity index (χ4n) is 2.07. The first-order valence-corrected chi connectivity index (χ1v) is 6.19. The molecule has 4 heteroatoms. The van der Waals surface area contributed by atoms with Crippen LogP contribution >= 0.6 is 0 Å². The van der Waals surface area contributed by atoms with E-state index >= 15 is 0 Å². The summed E-state index contributed by atoms with van der Waals surface area (Å²) in [5.74, 6) is 1.38. The van der Waals surface area contributed by atoms with Gasteiger partial charge in [0, 0.05) is 12.7 Å². The van der Waals surface area contributed by atoms with Crippen LogP contribution in [0.2, 0.25) is 0 Å². The number of aryl methyl sites for hydroxylation is 1. The van der Waals surface area contributed by atoms with E-state index in [0.29, 0.717) is 12.4 Å². The third kappa shape index (κ3) is 2.06. The smallest absolute Gasteiger partial charge is 0.242 e. The maximum atomic E-state index is 5.90. The Hall–Kier alpha value is -2.33. The number of hydrogen-bond acceptors (Lipinski definition) is 3. The Morgan fingerprint density at radius 2 is 1.95 bits per heavy atom. The Labute approximate surface area is 111 Å². The summed E-state index contributed by atoms with van der Waals surface area (Å²) in [6, 6.07) is 13.7. The fraction of sp³-hybridized carbons (Fsp3) is 0.133. The highest BCUT2D eigenvalue weighted by molar-refractivity contribution is 5.47. The molecule has 3 aromatic rings. The minimum atomic E-state index is 0.381. The molecule has 0 bridgehead atoms. The van der Waals surface area contributed by atoms with Crippen LogP contribution in [0.15, 0.2) is 48.7 Å². The predicted molar refractivity (Wildman–Crippen MR) is 74.3 cm³/mol. The van der Waals surface area contributed by atoms with Crippen molar-refractivity contribution in [3.63, 3.8) is 0 Å². The van der Waals surface area contributed by atoms with Crippen LogP contribution in [0, 0.1) is 6.92 Å². The Balaban J connectivity index is 2.08. The fourth-order valence-corrected chi connectivity index (χ4v) is 2.07. The summed E-state index contributed by atoms with van der Waals surface area (Å²) in [4.78, 5) is 4.48. The number of para-hydroxylation sites is 1. The van der Waals surface area contributed by atoms with E-state index < -0.39 is 0 Å². The quantitative estimate of drug-likeness (QED) is 0.780. The van der Waals surface area contributed by atoms with Crippen LogP contribution < -0.4 is 10.5 Å². The third-order valence-corrected chi connectivity index (χ3v) is 3.09. The molecule has 0 atom stereocenters. The van der Waals surface area contributed by atoms with Gasteiger partial charge in [0.05, 0.1) is 0 Å². The van der Waals surface area contributed by atoms with E-state index in [2.05, 4.69) is 4.98 Å². The van der Waals surface area contributed by atoms with Crippen molar-refractivity contribution in [3.05, 3.63) is 59.9 Å². The number of hydrogen-bond donors (Lipinski definition) is 1. The molecule has 0 aliphatic heterocycles. The molecule has 2 heterocycles. The van der Waals surface area contributed by atoms with Gasteiger partial charge in [-0.3, -0.25) is 4.40 Å². The molecule has 2 N–H and O–H groups in total. The van der Waals surface area contributed by atoms with Gasteiger partial charge in [-0.2, -0.15) is 4.98 Å². The summed E-state index contributed by atoms with van der Waals surface area (Å²) < 4.78 is 7.86. The molecule has 4 nitrogen and oxygen atoms in total. The highest BCUT2D eigenvalue weighted by Crippen LogP contribution is 2.27. The van der Waals surface area contributed by atoms with Crippen molar-refractivity contribution in [2.45, 2.75) is 13.5 Å². The summed E-state index contributed by atoms with van der Waals surface area (Å²) in [6.07, 6.45) is 1.94. The average molecular weight is 253 g/mol. The number of rotatable bonds is 3. The Bertz CT molecular complexity index is 718. The lowest BCUT2D eigenvalue weighted by Gasteiger charge is -2.07. The molecule has 96 valence electrons. The number of benzene rings is 1. The van der Waals surface area contributed by atoms with Crippen LogP contribution in [0.5, 0.6) is 11.6 Å². The predicted octanol–water partition coefficient (Wildman–Crippen LogP) is 2.89. The number of nitrogens with two attached hydrogens (primary N) is 1. The van der Waals surface area contributed by atoms with Crippen molar-refractivity contribution in [2.24, 2.45) is 5.73 Å². The molecule has 3 rings (SSSR count). The van der Waals surface area contributed by atoms with Crippen molar-refractivity contribution in [3.8, 4) is 11.6 Å². The summed E-state index contributed by atoms with van der Waals surface area (Å²) in [5.41, 5.74) is 8.60. The summed E-state index contributed by atoms with van der Waals surface area (Å²) in [6.45, 7) is 2.39. The zero-order chi connectivity index (χ0) is 13.2. The molecule has 0 unspecified atom stereocenters. The molecular weight excluding hydrogens is 238 g/mol. The number of fused-ring (bicyclic) bond motifs is 1. The Morgan fingerprint density at radius 3 is 2.74 bits per heavy atom. The monoisotopic (exact) mass is 253 g/mol. The minimum Gasteiger partial charge on any atom is -0.437 e. The van der Waals surface area contributed by atoms with Crippen LogP contribution in [-0.4, -0.2) is 9.38 Å². The van der Waals surface area contributed by atoms with Crippen LogP contribution in [0.4, 0.5) is 0 Å². The van der Waals surface area contributed by atoms with Crippen molar-refractivity contribution in [1.82, 2.24) is 9.38 Å². The molecule has 2 aromatic heterocycles. The SMILES string of the molecule is Cc1ccccc1Oc1nc2ccccn2c1CN. The lowest BCUT2D eigenvalue weighted by molar-refractivity contribution is 0.456. The second-order valence-electron chi connectivity index (χ2n) is 4.36. The van der Waals surface area contributed by atoms with Crippen molar-refractivity contribution < 1.29 is 4.74 Å². The summed E-state index contributed by atoms with van der Waals surface area (Å²) >= 11 is 0. The second-order valence-corrected chi connectivity index (χ2v) is 4.36.